The average Bonchev–Trinajstić information content (AvgIpc) is 3.14. The van der Waals surface area contributed by atoms with Crippen LogP contribution in [0.1, 0.15) is 25.1 Å². The molecule has 1 heterocycles. The number of methoxy groups -OCH3 is 1. The zero-order valence-electron chi connectivity index (χ0n) is 15.2. The summed E-state index contributed by atoms with van der Waals surface area (Å²) in [4.78, 5) is 13.5. The number of nitrogens with one attached hydrogen (secondary N) is 1. The Hall–Kier alpha value is -1.90. The molecule has 6 nitrogen and oxygen atoms in total. The first-order valence-electron chi connectivity index (χ1n) is 8.42. The Kier molecular flexibility index (Phi) is 7.19. The minimum atomic E-state index is -3.60. The molecule has 26 heavy (non-hydrogen) atoms. The summed E-state index contributed by atoms with van der Waals surface area (Å²) < 4.78 is 32.0. The van der Waals surface area contributed by atoms with Crippen LogP contribution in [0.15, 0.2) is 40.6 Å². The molecule has 1 N–H and O–H groups in total. The second-order valence-corrected chi connectivity index (χ2v) is 8.55. The van der Waals surface area contributed by atoms with Gasteiger partial charge in [-0.3, -0.25) is 4.79 Å². The van der Waals surface area contributed by atoms with E-state index < -0.39 is 10.0 Å². The fraction of sp³-hybridized carbons (Fsp3) is 0.389. The monoisotopic (exact) mass is 396 g/mol. The number of aryl methyl sites for hydroxylation is 1. The number of rotatable bonds is 9. The van der Waals surface area contributed by atoms with Gasteiger partial charge in [0, 0.05) is 24.4 Å². The molecule has 0 aliphatic heterocycles. The van der Waals surface area contributed by atoms with Crippen molar-refractivity contribution < 1.29 is 17.9 Å². The van der Waals surface area contributed by atoms with E-state index in [-0.39, 0.29) is 10.8 Å². The van der Waals surface area contributed by atoms with E-state index in [0.717, 1.165) is 4.88 Å². The van der Waals surface area contributed by atoms with Crippen molar-refractivity contribution in [2.75, 3.05) is 25.5 Å². The summed E-state index contributed by atoms with van der Waals surface area (Å²) in [5.41, 5.74) is 0.358. The number of hydrogen-bond acceptors (Lipinski definition) is 5. The first-order valence-corrected chi connectivity index (χ1v) is 10.7. The number of hydrogen-bond donors (Lipinski definition) is 1. The van der Waals surface area contributed by atoms with Crippen molar-refractivity contribution in [3.8, 4) is 5.75 Å². The van der Waals surface area contributed by atoms with Gasteiger partial charge in [0.05, 0.1) is 17.7 Å². The van der Waals surface area contributed by atoms with Crippen molar-refractivity contribution in [3.63, 3.8) is 0 Å². The second-order valence-electron chi connectivity index (χ2n) is 5.58. The molecule has 1 aromatic heterocycles. The molecule has 1 amide bonds. The maximum absolute atomic E-state index is 12.7. The van der Waals surface area contributed by atoms with Gasteiger partial charge in [0.1, 0.15) is 5.75 Å². The van der Waals surface area contributed by atoms with Gasteiger partial charge in [-0.2, -0.15) is 4.31 Å². The highest BCUT2D eigenvalue weighted by Gasteiger charge is 2.23. The molecule has 1 aromatic carbocycles. The molecule has 0 saturated heterocycles. The SMILES string of the molecule is CCN(CC)S(=O)(=O)c1ccc(OC)c(NC(=O)CCc2cccs2)c1. The molecular formula is C18H24N2O4S2. The van der Waals surface area contributed by atoms with Crippen LogP contribution < -0.4 is 10.1 Å². The van der Waals surface area contributed by atoms with Gasteiger partial charge in [-0.15, -0.1) is 11.3 Å². The fourth-order valence-corrected chi connectivity index (χ4v) is 4.76. The Morgan fingerprint density at radius 3 is 2.54 bits per heavy atom. The van der Waals surface area contributed by atoms with E-state index >= 15 is 0 Å². The first-order chi connectivity index (χ1) is 12.4. The predicted molar refractivity (Wildman–Crippen MR) is 104 cm³/mol. The Bertz CT molecular complexity index is 829. The third kappa shape index (κ3) is 4.84. The van der Waals surface area contributed by atoms with Gasteiger partial charge in [-0.25, -0.2) is 8.42 Å². The molecule has 0 aliphatic carbocycles. The Morgan fingerprint density at radius 2 is 1.96 bits per heavy atom. The topological polar surface area (TPSA) is 75.7 Å². The maximum atomic E-state index is 12.7. The van der Waals surface area contributed by atoms with E-state index in [0.29, 0.717) is 37.4 Å². The quantitative estimate of drug-likeness (QED) is 0.705. The Balaban J connectivity index is 2.20. The van der Waals surface area contributed by atoms with E-state index in [2.05, 4.69) is 5.32 Å². The molecule has 0 aliphatic rings. The van der Waals surface area contributed by atoms with E-state index in [9.17, 15) is 13.2 Å². The molecule has 2 aromatic rings. The zero-order chi connectivity index (χ0) is 19.2. The lowest BCUT2D eigenvalue weighted by Gasteiger charge is -2.19. The Morgan fingerprint density at radius 1 is 1.23 bits per heavy atom. The van der Waals surface area contributed by atoms with Crippen LogP contribution in [0, 0.1) is 0 Å². The van der Waals surface area contributed by atoms with E-state index in [1.807, 2.05) is 17.5 Å². The first kappa shape index (κ1) is 20.4. The molecule has 142 valence electrons. The minimum Gasteiger partial charge on any atom is -0.495 e. The Labute approximate surface area is 158 Å². The van der Waals surface area contributed by atoms with Crippen LogP contribution >= 0.6 is 11.3 Å². The third-order valence-electron chi connectivity index (χ3n) is 3.97. The summed E-state index contributed by atoms with van der Waals surface area (Å²) in [5.74, 6) is 0.238. The van der Waals surface area contributed by atoms with E-state index in [1.165, 1.54) is 23.5 Å². The summed E-state index contributed by atoms with van der Waals surface area (Å²) in [6, 6.07) is 8.44. The van der Waals surface area contributed by atoms with Crippen LogP contribution in [0.5, 0.6) is 5.75 Å². The number of benzene rings is 1. The zero-order valence-corrected chi connectivity index (χ0v) is 16.8. The molecule has 2 rings (SSSR count). The molecular weight excluding hydrogens is 372 g/mol. The van der Waals surface area contributed by atoms with Crippen molar-refractivity contribution in [2.45, 2.75) is 31.6 Å². The van der Waals surface area contributed by atoms with Gasteiger partial charge in [0.15, 0.2) is 0 Å². The third-order valence-corrected chi connectivity index (χ3v) is 6.95. The van der Waals surface area contributed by atoms with Crippen LogP contribution in [0.3, 0.4) is 0 Å². The highest BCUT2D eigenvalue weighted by atomic mass is 32.2. The van der Waals surface area contributed by atoms with Crippen LogP contribution in [0.25, 0.3) is 0 Å². The second kappa shape index (κ2) is 9.16. The van der Waals surface area contributed by atoms with Crippen molar-refractivity contribution in [3.05, 3.63) is 40.6 Å². The largest absolute Gasteiger partial charge is 0.495 e. The molecule has 0 spiro atoms. The van der Waals surface area contributed by atoms with E-state index in [4.69, 9.17) is 4.74 Å². The standard InChI is InChI=1S/C18H24N2O4S2/c1-4-20(5-2)26(22,23)15-9-10-17(24-3)16(13-15)19-18(21)11-8-14-7-6-12-25-14/h6-7,9-10,12-13H,4-5,8,11H2,1-3H3,(H,19,21). The summed E-state index contributed by atoms with van der Waals surface area (Å²) >= 11 is 1.60. The van der Waals surface area contributed by atoms with Crippen LogP contribution in [0.2, 0.25) is 0 Å². The van der Waals surface area contributed by atoms with Crippen molar-refractivity contribution in [1.29, 1.82) is 0 Å². The molecule has 0 radical (unpaired) electrons. The van der Waals surface area contributed by atoms with Gasteiger partial charge in [0.25, 0.3) is 0 Å². The summed E-state index contributed by atoms with van der Waals surface area (Å²) in [7, 11) is -2.12. The van der Waals surface area contributed by atoms with Crippen molar-refractivity contribution in [2.24, 2.45) is 0 Å². The number of ether oxygens (including phenoxy) is 1. The van der Waals surface area contributed by atoms with E-state index in [1.54, 1.807) is 31.3 Å². The molecule has 0 fully saturated rings. The highest BCUT2D eigenvalue weighted by Crippen LogP contribution is 2.29. The van der Waals surface area contributed by atoms with Gasteiger partial charge >= 0.3 is 0 Å². The fourth-order valence-electron chi connectivity index (χ4n) is 2.56. The molecule has 0 saturated carbocycles. The van der Waals surface area contributed by atoms with Crippen LogP contribution in [-0.2, 0) is 21.2 Å². The number of sulfonamides is 1. The molecule has 0 unspecified atom stereocenters. The molecule has 0 atom stereocenters. The summed E-state index contributed by atoms with van der Waals surface area (Å²) in [6.45, 7) is 4.34. The highest BCUT2D eigenvalue weighted by molar-refractivity contribution is 7.89. The number of carbonyl (C=O) groups excluding carboxylic acids is 1. The number of carbonyl (C=O) groups is 1. The van der Waals surface area contributed by atoms with Crippen molar-refractivity contribution in [1.82, 2.24) is 4.31 Å². The molecule has 8 heteroatoms. The van der Waals surface area contributed by atoms with Gasteiger partial charge in [-0.05, 0) is 36.1 Å². The van der Waals surface area contributed by atoms with Crippen LogP contribution in [0.4, 0.5) is 5.69 Å². The summed E-state index contributed by atoms with van der Waals surface area (Å²) in [5, 5.41) is 4.74. The lowest BCUT2D eigenvalue weighted by Crippen LogP contribution is -2.30. The molecule has 0 bridgehead atoms. The summed E-state index contributed by atoms with van der Waals surface area (Å²) in [6.07, 6.45) is 0.958. The van der Waals surface area contributed by atoms with Crippen molar-refractivity contribution >= 4 is 33.0 Å². The smallest absolute Gasteiger partial charge is 0.243 e. The number of anilines is 1. The number of amides is 1. The lowest BCUT2D eigenvalue weighted by atomic mass is 10.2. The predicted octanol–water partition coefficient (Wildman–Crippen LogP) is 3.36. The van der Waals surface area contributed by atoms with Gasteiger partial charge in [-0.1, -0.05) is 19.9 Å². The number of nitrogens with zero attached hydrogens (tertiary/aromatic N) is 1. The minimum absolute atomic E-state index is 0.135. The van der Waals surface area contributed by atoms with Gasteiger partial charge in [0.2, 0.25) is 15.9 Å². The van der Waals surface area contributed by atoms with Gasteiger partial charge < -0.3 is 10.1 Å². The normalized spacial score (nSPS) is 11.5. The average molecular weight is 397 g/mol. The van der Waals surface area contributed by atoms with Crippen LogP contribution in [-0.4, -0.2) is 38.8 Å². The lowest BCUT2D eigenvalue weighted by molar-refractivity contribution is -0.116. The maximum Gasteiger partial charge on any atom is 0.243 e. The number of thiophene rings is 1.